The van der Waals surface area contributed by atoms with Gasteiger partial charge in [-0.1, -0.05) is 23.2 Å². The van der Waals surface area contributed by atoms with Crippen LogP contribution < -0.4 is 4.90 Å². The molecule has 0 saturated carbocycles. The van der Waals surface area contributed by atoms with Crippen molar-refractivity contribution in [2.24, 2.45) is 0 Å². The summed E-state index contributed by atoms with van der Waals surface area (Å²) in [5.41, 5.74) is 0.474. The molecule has 0 radical (unpaired) electrons. The highest BCUT2D eigenvalue weighted by Crippen LogP contribution is 2.29. The molecule has 0 aliphatic carbocycles. The second-order valence-electron chi connectivity index (χ2n) is 5.14. The standard InChI is InChI=1S/C15H18Cl2N2O2/c1-11(20)19(14-9-12(16)5-6-13(14)17)10-15(21)18-7-3-2-4-8-18/h5-6,9H,2-4,7-8,10H2,1H3. The molecule has 21 heavy (non-hydrogen) atoms. The Bertz CT molecular complexity index is 542. The van der Waals surface area contributed by atoms with Gasteiger partial charge in [-0.3, -0.25) is 9.59 Å². The largest absolute Gasteiger partial charge is 0.341 e. The second kappa shape index (κ2) is 7.14. The molecule has 1 fully saturated rings. The summed E-state index contributed by atoms with van der Waals surface area (Å²) in [5.74, 6) is -0.287. The molecule has 2 rings (SSSR count). The SMILES string of the molecule is CC(=O)N(CC(=O)N1CCCCC1)c1cc(Cl)ccc1Cl. The van der Waals surface area contributed by atoms with Crippen molar-refractivity contribution >= 4 is 40.7 Å². The number of anilines is 1. The fourth-order valence-corrected chi connectivity index (χ4v) is 2.82. The van der Waals surface area contributed by atoms with Gasteiger partial charge in [-0.25, -0.2) is 0 Å². The minimum absolute atomic E-state index is 0.00457. The molecule has 2 amide bonds. The van der Waals surface area contributed by atoms with Crippen molar-refractivity contribution in [3.8, 4) is 0 Å². The summed E-state index contributed by atoms with van der Waals surface area (Å²) in [5, 5.41) is 0.882. The fourth-order valence-electron chi connectivity index (χ4n) is 2.44. The van der Waals surface area contributed by atoms with E-state index >= 15 is 0 Å². The minimum atomic E-state index is -0.232. The Morgan fingerprint density at radius 3 is 2.48 bits per heavy atom. The number of benzene rings is 1. The van der Waals surface area contributed by atoms with Gasteiger partial charge in [0.05, 0.1) is 10.7 Å². The van der Waals surface area contributed by atoms with Crippen LogP contribution in [0.3, 0.4) is 0 Å². The summed E-state index contributed by atoms with van der Waals surface area (Å²) < 4.78 is 0. The maximum absolute atomic E-state index is 12.3. The van der Waals surface area contributed by atoms with Gasteiger partial charge < -0.3 is 9.80 Å². The monoisotopic (exact) mass is 328 g/mol. The van der Waals surface area contributed by atoms with Crippen LogP contribution in [-0.2, 0) is 9.59 Å². The van der Waals surface area contributed by atoms with E-state index in [1.807, 2.05) is 0 Å². The number of piperidine rings is 1. The van der Waals surface area contributed by atoms with E-state index in [0.717, 1.165) is 32.4 Å². The highest BCUT2D eigenvalue weighted by Gasteiger charge is 2.23. The molecule has 1 aromatic carbocycles. The summed E-state index contributed by atoms with van der Waals surface area (Å²) in [7, 11) is 0. The maximum Gasteiger partial charge on any atom is 0.242 e. The molecule has 1 aromatic rings. The van der Waals surface area contributed by atoms with E-state index < -0.39 is 0 Å². The molecule has 4 nitrogen and oxygen atoms in total. The van der Waals surface area contributed by atoms with Gasteiger partial charge in [0.1, 0.15) is 6.54 Å². The first kappa shape index (κ1) is 16.1. The number of nitrogens with zero attached hydrogens (tertiary/aromatic N) is 2. The third kappa shape index (κ3) is 4.11. The molecule has 6 heteroatoms. The molecule has 1 heterocycles. The molecular weight excluding hydrogens is 311 g/mol. The van der Waals surface area contributed by atoms with Crippen molar-refractivity contribution in [3.63, 3.8) is 0 Å². The van der Waals surface area contributed by atoms with Gasteiger partial charge in [-0.2, -0.15) is 0 Å². The van der Waals surface area contributed by atoms with Crippen LogP contribution in [0.4, 0.5) is 5.69 Å². The molecule has 1 saturated heterocycles. The fraction of sp³-hybridized carbons (Fsp3) is 0.467. The van der Waals surface area contributed by atoms with Crippen molar-refractivity contribution in [1.29, 1.82) is 0 Å². The zero-order valence-corrected chi connectivity index (χ0v) is 13.5. The smallest absolute Gasteiger partial charge is 0.242 e. The third-order valence-corrected chi connectivity index (χ3v) is 4.14. The van der Waals surface area contributed by atoms with Crippen molar-refractivity contribution in [2.45, 2.75) is 26.2 Å². The Labute approximate surface area is 134 Å². The van der Waals surface area contributed by atoms with Crippen molar-refractivity contribution in [2.75, 3.05) is 24.5 Å². The van der Waals surface area contributed by atoms with Crippen LogP contribution in [0.2, 0.25) is 10.0 Å². The average molecular weight is 329 g/mol. The van der Waals surface area contributed by atoms with E-state index in [0.29, 0.717) is 15.7 Å². The lowest BCUT2D eigenvalue weighted by atomic mass is 10.1. The number of carbonyl (C=O) groups excluding carboxylic acids is 2. The zero-order valence-electron chi connectivity index (χ0n) is 11.9. The van der Waals surface area contributed by atoms with Crippen LogP contribution in [0.25, 0.3) is 0 Å². The lowest BCUT2D eigenvalue weighted by Crippen LogP contribution is -2.44. The maximum atomic E-state index is 12.3. The number of hydrogen-bond donors (Lipinski definition) is 0. The van der Waals surface area contributed by atoms with Gasteiger partial charge in [0.25, 0.3) is 0 Å². The summed E-state index contributed by atoms with van der Waals surface area (Å²) in [6.07, 6.45) is 3.19. The van der Waals surface area contributed by atoms with Crippen LogP contribution in [0.5, 0.6) is 0 Å². The Balaban J connectivity index is 2.17. The molecule has 0 aromatic heterocycles. The first-order chi connectivity index (χ1) is 9.99. The van der Waals surface area contributed by atoms with Crippen molar-refractivity contribution in [1.82, 2.24) is 4.90 Å². The number of hydrogen-bond acceptors (Lipinski definition) is 2. The number of amides is 2. The van der Waals surface area contributed by atoms with E-state index in [2.05, 4.69) is 0 Å². The summed E-state index contributed by atoms with van der Waals surface area (Å²) in [6.45, 7) is 2.93. The van der Waals surface area contributed by atoms with Gasteiger partial charge in [0, 0.05) is 25.0 Å². The Hall–Kier alpha value is -1.26. The lowest BCUT2D eigenvalue weighted by Gasteiger charge is -2.30. The minimum Gasteiger partial charge on any atom is -0.341 e. The Morgan fingerprint density at radius 2 is 1.86 bits per heavy atom. The molecule has 114 valence electrons. The van der Waals surface area contributed by atoms with E-state index in [1.54, 1.807) is 23.1 Å². The van der Waals surface area contributed by atoms with Crippen LogP contribution in [0.15, 0.2) is 18.2 Å². The van der Waals surface area contributed by atoms with Gasteiger partial charge in [-0.15, -0.1) is 0 Å². The molecule has 0 bridgehead atoms. The molecule has 0 atom stereocenters. The first-order valence-electron chi connectivity index (χ1n) is 7.00. The predicted molar refractivity (Wildman–Crippen MR) is 84.9 cm³/mol. The number of rotatable bonds is 3. The highest BCUT2D eigenvalue weighted by atomic mass is 35.5. The molecule has 1 aliphatic rings. The average Bonchev–Trinajstić information content (AvgIpc) is 2.48. The van der Waals surface area contributed by atoms with Crippen LogP contribution in [-0.4, -0.2) is 36.3 Å². The zero-order chi connectivity index (χ0) is 15.4. The molecular formula is C15H18Cl2N2O2. The van der Waals surface area contributed by atoms with Crippen molar-refractivity contribution < 1.29 is 9.59 Å². The Morgan fingerprint density at radius 1 is 1.19 bits per heavy atom. The van der Waals surface area contributed by atoms with Crippen LogP contribution in [0, 0.1) is 0 Å². The van der Waals surface area contributed by atoms with Crippen LogP contribution in [0.1, 0.15) is 26.2 Å². The quantitative estimate of drug-likeness (QED) is 0.853. The summed E-state index contributed by atoms with van der Waals surface area (Å²) in [6, 6.07) is 4.88. The van der Waals surface area contributed by atoms with Gasteiger partial charge >= 0.3 is 0 Å². The lowest BCUT2D eigenvalue weighted by molar-refractivity contribution is -0.132. The molecule has 0 N–H and O–H groups in total. The van der Waals surface area contributed by atoms with E-state index in [1.165, 1.54) is 11.8 Å². The van der Waals surface area contributed by atoms with E-state index in [-0.39, 0.29) is 18.4 Å². The third-order valence-electron chi connectivity index (χ3n) is 3.58. The highest BCUT2D eigenvalue weighted by molar-refractivity contribution is 6.35. The van der Waals surface area contributed by atoms with Gasteiger partial charge in [-0.05, 0) is 37.5 Å². The molecule has 0 spiro atoms. The van der Waals surface area contributed by atoms with Gasteiger partial charge in [0.15, 0.2) is 0 Å². The first-order valence-corrected chi connectivity index (χ1v) is 7.75. The van der Waals surface area contributed by atoms with E-state index in [9.17, 15) is 9.59 Å². The number of halogens is 2. The molecule has 0 unspecified atom stereocenters. The Kier molecular flexibility index (Phi) is 5.48. The normalized spacial score (nSPS) is 14.9. The number of likely N-dealkylation sites (tertiary alicyclic amines) is 1. The summed E-state index contributed by atoms with van der Waals surface area (Å²) >= 11 is 12.1. The topological polar surface area (TPSA) is 40.6 Å². The van der Waals surface area contributed by atoms with Crippen LogP contribution >= 0.6 is 23.2 Å². The van der Waals surface area contributed by atoms with Crippen molar-refractivity contribution in [3.05, 3.63) is 28.2 Å². The van der Waals surface area contributed by atoms with Gasteiger partial charge in [0.2, 0.25) is 11.8 Å². The summed E-state index contributed by atoms with van der Waals surface area (Å²) in [4.78, 5) is 27.4. The van der Waals surface area contributed by atoms with E-state index in [4.69, 9.17) is 23.2 Å². The predicted octanol–water partition coefficient (Wildman–Crippen LogP) is 3.36. The number of carbonyl (C=O) groups is 2. The second-order valence-corrected chi connectivity index (χ2v) is 5.99. The molecule has 1 aliphatic heterocycles.